The van der Waals surface area contributed by atoms with Gasteiger partial charge in [0.25, 0.3) is 0 Å². The van der Waals surface area contributed by atoms with Crippen LogP contribution in [0.15, 0.2) is 23.8 Å². The van der Waals surface area contributed by atoms with Crippen molar-refractivity contribution in [3.63, 3.8) is 0 Å². The highest BCUT2D eigenvalue weighted by atomic mass is 35.5. The minimum atomic E-state index is 0.199. The van der Waals surface area contributed by atoms with E-state index in [-0.39, 0.29) is 5.88 Å². The molecular formula is C12H12ClNO2. The first-order chi connectivity index (χ1) is 7.74. The summed E-state index contributed by atoms with van der Waals surface area (Å²) in [6.07, 6.45) is 1.72. The van der Waals surface area contributed by atoms with E-state index in [9.17, 15) is 0 Å². The zero-order valence-electron chi connectivity index (χ0n) is 9.16. The summed E-state index contributed by atoms with van der Waals surface area (Å²) in [5.41, 5.74) is 1.36. The highest BCUT2D eigenvalue weighted by Gasteiger charge is 2.03. The molecule has 0 aliphatic carbocycles. The van der Waals surface area contributed by atoms with Crippen LogP contribution in [0.2, 0.25) is 0 Å². The summed E-state index contributed by atoms with van der Waals surface area (Å²) >= 11 is 5.60. The molecule has 0 radical (unpaired) electrons. The number of ether oxygens (including phenoxy) is 2. The number of halogens is 1. The molecule has 0 fully saturated rings. The third kappa shape index (κ3) is 2.91. The molecule has 0 aromatic heterocycles. The molecule has 3 nitrogen and oxygen atoms in total. The molecule has 0 spiro atoms. The zero-order chi connectivity index (χ0) is 12.0. The fourth-order valence-corrected chi connectivity index (χ4v) is 1.38. The molecule has 0 saturated heterocycles. The highest BCUT2D eigenvalue weighted by Crippen LogP contribution is 2.28. The van der Waals surface area contributed by atoms with Crippen molar-refractivity contribution in [3.05, 3.63) is 29.3 Å². The van der Waals surface area contributed by atoms with Crippen LogP contribution in [0.4, 0.5) is 0 Å². The first-order valence-corrected chi connectivity index (χ1v) is 5.17. The number of alkyl halides is 1. The Labute approximate surface area is 99.9 Å². The molecule has 0 unspecified atom stereocenters. The summed E-state index contributed by atoms with van der Waals surface area (Å²) in [5, 5.41) is 8.76. The number of benzene rings is 1. The fraction of sp³-hybridized carbons (Fsp3) is 0.250. The van der Waals surface area contributed by atoms with E-state index in [1.54, 1.807) is 32.4 Å². The molecule has 0 aliphatic rings. The quantitative estimate of drug-likeness (QED) is 0.597. The molecule has 0 heterocycles. The predicted octanol–water partition coefficient (Wildman–Crippen LogP) is 2.85. The third-order valence-electron chi connectivity index (χ3n) is 2.04. The smallest absolute Gasteiger partial charge is 0.161 e. The van der Waals surface area contributed by atoms with Gasteiger partial charge in [0.05, 0.1) is 26.2 Å². The van der Waals surface area contributed by atoms with Crippen molar-refractivity contribution in [1.82, 2.24) is 0 Å². The first-order valence-electron chi connectivity index (χ1n) is 4.63. The van der Waals surface area contributed by atoms with Crippen LogP contribution in [0.1, 0.15) is 5.56 Å². The van der Waals surface area contributed by atoms with Crippen LogP contribution in [0, 0.1) is 11.3 Å². The molecular weight excluding hydrogens is 226 g/mol. The topological polar surface area (TPSA) is 42.2 Å². The summed E-state index contributed by atoms with van der Waals surface area (Å²) in [7, 11) is 3.14. The standard InChI is InChI=1S/C12H12ClNO2/c1-15-11-4-3-9(6-12(11)16-2)5-10(7-13)8-14/h3-6H,7H2,1-2H3/b10-5+. The van der Waals surface area contributed by atoms with Crippen LogP contribution >= 0.6 is 11.6 Å². The maximum atomic E-state index is 8.76. The Morgan fingerprint density at radius 3 is 2.56 bits per heavy atom. The number of methoxy groups -OCH3 is 2. The molecule has 16 heavy (non-hydrogen) atoms. The number of nitriles is 1. The average molecular weight is 238 g/mol. The Morgan fingerprint density at radius 1 is 1.38 bits per heavy atom. The van der Waals surface area contributed by atoms with E-state index in [0.29, 0.717) is 17.1 Å². The van der Waals surface area contributed by atoms with Crippen LogP contribution in [0.5, 0.6) is 11.5 Å². The van der Waals surface area contributed by atoms with Gasteiger partial charge in [-0.05, 0) is 23.8 Å². The lowest BCUT2D eigenvalue weighted by molar-refractivity contribution is 0.355. The molecule has 0 saturated carbocycles. The minimum Gasteiger partial charge on any atom is -0.493 e. The number of allylic oxidation sites excluding steroid dienone is 1. The van der Waals surface area contributed by atoms with Gasteiger partial charge in [-0.25, -0.2) is 0 Å². The maximum Gasteiger partial charge on any atom is 0.161 e. The Bertz CT molecular complexity index is 435. The number of hydrogen-bond donors (Lipinski definition) is 0. The van der Waals surface area contributed by atoms with Gasteiger partial charge >= 0.3 is 0 Å². The summed E-state index contributed by atoms with van der Waals surface area (Å²) in [6.45, 7) is 0. The monoisotopic (exact) mass is 237 g/mol. The SMILES string of the molecule is COc1ccc(/C=C(/C#N)CCl)cc1OC. The van der Waals surface area contributed by atoms with Gasteiger partial charge in [-0.3, -0.25) is 0 Å². The van der Waals surface area contributed by atoms with Gasteiger partial charge in [-0.1, -0.05) is 6.07 Å². The largest absolute Gasteiger partial charge is 0.493 e. The molecule has 0 N–H and O–H groups in total. The zero-order valence-corrected chi connectivity index (χ0v) is 9.91. The first kappa shape index (κ1) is 12.4. The van der Waals surface area contributed by atoms with Crippen molar-refractivity contribution >= 4 is 17.7 Å². The predicted molar refractivity (Wildman–Crippen MR) is 63.9 cm³/mol. The van der Waals surface area contributed by atoms with Crippen LogP contribution < -0.4 is 9.47 Å². The molecule has 0 aliphatic heterocycles. The Hall–Kier alpha value is -1.66. The van der Waals surface area contributed by atoms with Gasteiger partial charge in [0.1, 0.15) is 0 Å². The van der Waals surface area contributed by atoms with Gasteiger partial charge < -0.3 is 9.47 Å². The van der Waals surface area contributed by atoms with Crippen LogP contribution in [-0.4, -0.2) is 20.1 Å². The third-order valence-corrected chi connectivity index (χ3v) is 2.32. The van der Waals surface area contributed by atoms with Crippen molar-refractivity contribution < 1.29 is 9.47 Å². The second-order valence-electron chi connectivity index (χ2n) is 3.03. The summed E-state index contributed by atoms with van der Waals surface area (Å²) in [5.74, 6) is 1.48. The highest BCUT2D eigenvalue weighted by molar-refractivity contribution is 6.20. The van der Waals surface area contributed by atoms with Gasteiger partial charge in [0.15, 0.2) is 11.5 Å². The molecule has 4 heteroatoms. The lowest BCUT2D eigenvalue weighted by Gasteiger charge is -2.07. The van der Waals surface area contributed by atoms with Crippen molar-refractivity contribution in [2.75, 3.05) is 20.1 Å². The Kier molecular flexibility index (Phi) is 4.68. The van der Waals surface area contributed by atoms with Crippen LogP contribution in [0.3, 0.4) is 0 Å². The van der Waals surface area contributed by atoms with Crippen molar-refractivity contribution in [2.24, 2.45) is 0 Å². The summed E-state index contributed by atoms with van der Waals surface area (Å²) < 4.78 is 10.3. The normalized spacial score (nSPS) is 10.8. The van der Waals surface area contributed by atoms with E-state index in [1.807, 2.05) is 12.1 Å². The second kappa shape index (κ2) is 6.04. The number of rotatable bonds is 4. The summed E-state index contributed by atoms with van der Waals surface area (Å²) in [6, 6.07) is 7.44. The Morgan fingerprint density at radius 2 is 2.06 bits per heavy atom. The van der Waals surface area contributed by atoms with E-state index in [1.165, 1.54) is 0 Å². The van der Waals surface area contributed by atoms with Gasteiger partial charge in [0.2, 0.25) is 0 Å². The maximum absolute atomic E-state index is 8.76. The Balaban J connectivity index is 3.09. The van der Waals surface area contributed by atoms with Gasteiger partial charge in [-0.15, -0.1) is 11.6 Å². The van der Waals surface area contributed by atoms with E-state index in [4.69, 9.17) is 26.3 Å². The molecule has 0 bridgehead atoms. The van der Waals surface area contributed by atoms with E-state index in [0.717, 1.165) is 5.56 Å². The van der Waals surface area contributed by atoms with Crippen molar-refractivity contribution in [1.29, 1.82) is 5.26 Å². The molecule has 0 amide bonds. The summed E-state index contributed by atoms with van der Waals surface area (Å²) in [4.78, 5) is 0. The minimum absolute atomic E-state index is 0.199. The molecule has 84 valence electrons. The lowest BCUT2D eigenvalue weighted by Crippen LogP contribution is -1.91. The lowest BCUT2D eigenvalue weighted by atomic mass is 10.1. The molecule has 0 atom stereocenters. The second-order valence-corrected chi connectivity index (χ2v) is 3.30. The molecule has 1 aromatic rings. The number of nitrogens with zero attached hydrogens (tertiary/aromatic N) is 1. The van der Waals surface area contributed by atoms with Crippen LogP contribution in [-0.2, 0) is 0 Å². The van der Waals surface area contributed by atoms with E-state index >= 15 is 0 Å². The average Bonchev–Trinajstić information content (AvgIpc) is 2.35. The van der Waals surface area contributed by atoms with E-state index in [2.05, 4.69) is 0 Å². The molecule has 1 aromatic carbocycles. The van der Waals surface area contributed by atoms with Gasteiger partial charge in [0, 0.05) is 5.57 Å². The van der Waals surface area contributed by atoms with Crippen LogP contribution in [0.25, 0.3) is 6.08 Å². The van der Waals surface area contributed by atoms with Crippen molar-refractivity contribution in [3.8, 4) is 17.6 Å². The fourth-order valence-electron chi connectivity index (χ4n) is 1.24. The van der Waals surface area contributed by atoms with E-state index < -0.39 is 0 Å². The number of hydrogen-bond acceptors (Lipinski definition) is 3. The molecule has 1 rings (SSSR count). The van der Waals surface area contributed by atoms with Gasteiger partial charge in [-0.2, -0.15) is 5.26 Å². The van der Waals surface area contributed by atoms with Crippen molar-refractivity contribution in [2.45, 2.75) is 0 Å².